The molecular weight excluding hydrogens is 382 g/mol. The van der Waals surface area contributed by atoms with E-state index in [0.29, 0.717) is 0 Å². The van der Waals surface area contributed by atoms with E-state index in [9.17, 15) is 18.4 Å². The van der Waals surface area contributed by atoms with Gasteiger partial charge < -0.3 is 15.4 Å². The Morgan fingerprint density at radius 2 is 1.76 bits per heavy atom. The molecule has 0 spiro atoms. The highest BCUT2D eigenvalue weighted by molar-refractivity contribution is 6.07. The van der Waals surface area contributed by atoms with Gasteiger partial charge in [0.25, 0.3) is 5.91 Å². The Morgan fingerprint density at radius 3 is 2.48 bits per heavy atom. The number of hydrogen-bond acceptors (Lipinski definition) is 6. The standard InChI is InChI=1S/C20H16F2N4O3/c1-11-23-17(10-18(24-11)25-16-8-7-12(21)9-14(16)22)19(27)26-15-6-4-3-5-13(15)20(28)29-2/h3-10H,1-2H3,(H,26,27)(H,23,24,25). The number of para-hydroxylation sites is 1. The van der Waals surface area contributed by atoms with Gasteiger partial charge in [-0.05, 0) is 31.2 Å². The Kier molecular flexibility index (Phi) is 5.77. The number of methoxy groups -OCH3 is 1. The van der Waals surface area contributed by atoms with Crippen molar-refractivity contribution in [1.29, 1.82) is 0 Å². The molecule has 0 unspecified atom stereocenters. The smallest absolute Gasteiger partial charge is 0.339 e. The highest BCUT2D eigenvalue weighted by Gasteiger charge is 2.16. The maximum Gasteiger partial charge on any atom is 0.339 e. The molecule has 3 rings (SSSR count). The van der Waals surface area contributed by atoms with Crippen LogP contribution in [0, 0.1) is 18.6 Å². The van der Waals surface area contributed by atoms with Gasteiger partial charge in [-0.2, -0.15) is 0 Å². The summed E-state index contributed by atoms with van der Waals surface area (Å²) in [5.41, 5.74) is 0.412. The van der Waals surface area contributed by atoms with Crippen LogP contribution >= 0.6 is 0 Å². The molecule has 0 aliphatic carbocycles. The second-order valence-corrected chi connectivity index (χ2v) is 5.93. The van der Waals surface area contributed by atoms with Crippen LogP contribution < -0.4 is 10.6 Å². The molecule has 2 N–H and O–H groups in total. The molecule has 0 fully saturated rings. The molecule has 0 atom stereocenters. The molecule has 0 radical (unpaired) electrons. The zero-order valence-electron chi connectivity index (χ0n) is 15.5. The number of anilines is 3. The molecule has 9 heteroatoms. The van der Waals surface area contributed by atoms with Gasteiger partial charge in [-0.15, -0.1) is 0 Å². The summed E-state index contributed by atoms with van der Waals surface area (Å²) in [6, 6.07) is 10.7. The predicted octanol–water partition coefficient (Wildman–Crippen LogP) is 3.85. The predicted molar refractivity (Wildman–Crippen MR) is 102 cm³/mol. The zero-order chi connectivity index (χ0) is 21.0. The summed E-state index contributed by atoms with van der Waals surface area (Å²) in [5.74, 6) is -2.32. The first-order valence-corrected chi connectivity index (χ1v) is 8.44. The number of hydrogen-bond donors (Lipinski definition) is 2. The molecule has 0 saturated carbocycles. The van der Waals surface area contributed by atoms with Crippen LogP contribution in [0.4, 0.5) is 26.0 Å². The third-order valence-corrected chi connectivity index (χ3v) is 3.85. The Labute approximate surface area is 164 Å². The van der Waals surface area contributed by atoms with Crippen molar-refractivity contribution in [3.05, 3.63) is 77.2 Å². The largest absolute Gasteiger partial charge is 0.465 e. The van der Waals surface area contributed by atoms with E-state index in [1.54, 1.807) is 25.1 Å². The van der Waals surface area contributed by atoms with Gasteiger partial charge in [-0.1, -0.05) is 12.1 Å². The number of carbonyl (C=O) groups is 2. The second-order valence-electron chi connectivity index (χ2n) is 5.93. The van der Waals surface area contributed by atoms with Crippen molar-refractivity contribution in [3.8, 4) is 0 Å². The second kappa shape index (κ2) is 8.42. The van der Waals surface area contributed by atoms with Crippen LogP contribution in [0.1, 0.15) is 26.7 Å². The highest BCUT2D eigenvalue weighted by Crippen LogP contribution is 2.21. The SMILES string of the molecule is COC(=O)c1ccccc1NC(=O)c1cc(Nc2ccc(F)cc2F)nc(C)n1. The molecule has 7 nitrogen and oxygen atoms in total. The van der Waals surface area contributed by atoms with Crippen LogP contribution in [-0.2, 0) is 4.74 Å². The van der Waals surface area contributed by atoms with Crippen molar-refractivity contribution < 1.29 is 23.1 Å². The fourth-order valence-electron chi connectivity index (χ4n) is 2.54. The summed E-state index contributed by atoms with van der Waals surface area (Å²) in [7, 11) is 1.24. The van der Waals surface area contributed by atoms with E-state index in [1.165, 1.54) is 25.3 Å². The number of halogens is 2. The van der Waals surface area contributed by atoms with Crippen molar-refractivity contribution in [3.63, 3.8) is 0 Å². The normalized spacial score (nSPS) is 10.3. The quantitative estimate of drug-likeness (QED) is 0.635. The third-order valence-electron chi connectivity index (χ3n) is 3.85. The van der Waals surface area contributed by atoms with Crippen molar-refractivity contribution in [2.75, 3.05) is 17.7 Å². The topological polar surface area (TPSA) is 93.2 Å². The molecule has 1 aromatic heterocycles. The summed E-state index contributed by atoms with van der Waals surface area (Å²) in [6.07, 6.45) is 0. The van der Waals surface area contributed by atoms with Gasteiger partial charge in [0, 0.05) is 12.1 Å². The number of amides is 1. The fraction of sp³-hybridized carbons (Fsp3) is 0.100. The lowest BCUT2D eigenvalue weighted by Gasteiger charge is -2.11. The van der Waals surface area contributed by atoms with Crippen molar-refractivity contribution in [2.45, 2.75) is 6.92 Å². The van der Waals surface area contributed by atoms with E-state index < -0.39 is 23.5 Å². The Morgan fingerprint density at radius 1 is 1.00 bits per heavy atom. The van der Waals surface area contributed by atoms with Gasteiger partial charge >= 0.3 is 5.97 Å². The van der Waals surface area contributed by atoms with Gasteiger partial charge in [-0.3, -0.25) is 4.79 Å². The Bertz CT molecular complexity index is 1090. The molecule has 3 aromatic rings. The number of benzene rings is 2. The highest BCUT2D eigenvalue weighted by atomic mass is 19.1. The van der Waals surface area contributed by atoms with Crippen molar-refractivity contribution in [2.24, 2.45) is 0 Å². The molecule has 0 bridgehead atoms. The lowest BCUT2D eigenvalue weighted by atomic mass is 10.1. The zero-order valence-corrected chi connectivity index (χ0v) is 15.5. The van der Waals surface area contributed by atoms with Gasteiger partial charge in [0.05, 0.1) is 24.0 Å². The average Bonchev–Trinajstić information content (AvgIpc) is 2.69. The van der Waals surface area contributed by atoms with Crippen LogP contribution in [-0.4, -0.2) is 29.0 Å². The van der Waals surface area contributed by atoms with E-state index in [4.69, 9.17) is 4.74 Å². The number of esters is 1. The summed E-state index contributed by atoms with van der Waals surface area (Å²) >= 11 is 0. The first kappa shape index (κ1) is 19.9. The maximum atomic E-state index is 13.9. The fourth-order valence-corrected chi connectivity index (χ4v) is 2.54. The molecule has 148 valence electrons. The number of nitrogens with zero attached hydrogens (tertiary/aromatic N) is 2. The molecule has 2 aromatic carbocycles. The summed E-state index contributed by atoms with van der Waals surface area (Å²) in [6.45, 7) is 1.56. The minimum atomic E-state index is -0.806. The summed E-state index contributed by atoms with van der Waals surface area (Å²) < 4.78 is 31.6. The molecule has 0 aliphatic rings. The van der Waals surface area contributed by atoms with E-state index in [1.807, 2.05) is 0 Å². The number of carbonyl (C=O) groups excluding carboxylic acids is 2. The van der Waals surface area contributed by atoms with E-state index in [-0.39, 0.29) is 34.3 Å². The van der Waals surface area contributed by atoms with Crippen molar-refractivity contribution >= 4 is 29.1 Å². The monoisotopic (exact) mass is 398 g/mol. The van der Waals surface area contributed by atoms with Gasteiger partial charge in [0.15, 0.2) is 0 Å². The molecule has 0 saturated heterocycles. The van der Waals surface area contributed by atoms with Gasteiger partial charge in [0.1, 0.15) is 29.0 Å². The lowest BCUT2D eigenvalue weighted by Crippen LogP contribution is -2.17. The molecular formula is C20H16F2N4O3. The van der Waals surface area contributed by atoms with Crippen LogP contribution in [0.15, 0.2) is 48.5 Å². The summed E-state index contributed by atoms with van der Waals surface area (Å²) in [5, 5.41) is 5.29. The van der Waals surface area contributed by atoms with Crippen LogP contribution in [0.3, 0.4) is 0 Å². The third kappa shape index (κ3) is 4.70. The van der Waals surface area contributed by atoms with Gasteiger partial charge in [-0.25, -0.2) is 23.5 Å². The molecule has 0 aliphatic heterocycles. The van der Waals surface area contributed by atoms with Crippen LogP contribution in [0.5, 0.6) is 0 Å². The number of aromatic nitrogens is 2. The number of aryl methyl sites for hydroxylation is 1. The lowest BCUT2D eigenvalue weighted by molar-refractivity contribution is 0.0602. The van der Waals surface area contributed by atoms with Crippen LogP contribution in [0.2, 0.25) is 0 Å². The van der Waals surface area contributed by atoms with E-state index in [2.05, 4.69) is 20.6 Å². The summed E-state index contributed by atoms with van der Waals surface area (Å²) in [4.78, 5) is 32.7. The van der Waals surface area contributed by atoms with Crippen LogP contribution in [0.25, 0.3) is 0 Å². The molecule has 1 heterocycles. The minimum absolute atomic E-state index is 0.00750. The molecule has 29 heavy (non-hydrogen) atoms. The van der Waals surface area contributed by atoms with Gasteiger partial charge in [0.2, 0.25) is 0 Å². The van der Waals surface area contributed by atoms with E-state index >= 15 is 0 Å². The first-order chi connectivity index (χ1) is 13.9. The maximum absolute atomic E-state index is 13.9. The van der Waals surface area contributed by atoms with E-state index in [0.717, 1.165) is 12.1 Å². The Balaban J connectivity index is 1.86. The number of rotatable bonds is 5. The average molecular weight is 398 g/mol. The number of nitrogens with one attached hydrogen (secondary N) is 2. The minimum Gasteiger partial charge on any atom is -0.465 e. The van der Waals surface area contributed by atoms with Crippen molar-refractivity contribution in [1.82, 2.24) is 9.97 Å². The Hall–Kier alpha value is -3.88. The first-order valence-electron chi connectivity index (χ1n) is 8.44. The molecule has 1 amide bonds. The number of ether oxygens (including phenoxy) is 1.